The minimum Gasteiger partial charge on any atom is -0.480 e. The van der Waals surface area contributed by atoms with E-state index >= 15 is 0 Å². The van der Waals surface area contributed by atoms with Crippen LogP contribution in [0.1, 0.15) is 44.9 Å². The lowest BCUT2D eigenvalue weighted by Gasteiger charge is -2.08. The van der Waals surface area contributed by atoms with Gasteiger partial charge < -0.3 is 20.9 Å². The Morgan fingerprint density at radius 2 is 1.87 bits per heavy atom. The lowest BCUT2D eigenvalue weighted by atomic mass is 10.1. The van der Waals surface area contributed by atoms with E-state index in [-0.39, 0.29) is 6.09 Å². The average molecular weight is 322 g/mol. The zero-order valence-corrected chi connectivity index (χ0v) is 13.4. The van der Waals surface area contributed by atoms with Gasteiger partial charge in [0, 0.05) is 19.4 Å². The number of carbonyl (C=O) groups excluding carboxylic acids is 1. The molecule has 2 rings (SSSR count). The lowest BCUT2D eigenvalue weighted by molar-refractivity contribution is -0.138. The molecule has 2 aliphatic rings. The molecular weight excluding hydrogens is 296 g/mol. The highest BCUT2D eigenvalue weighted by Gasteiger charge is 2.49. The van der Waals surface area contributed by atoms with Gasteiger partial charge in [-0.2, -0.15) is 0 Å². The molecule has 1 amide bonds. The summed E-state index contributed by atoms with van der Waals surface area (Å²) in [5.41, 5.74) is 5.41. The van der Waals surface area contributed by atoms with Crippen molar-refractivity contribution >= 4 is 12.1 Å². The number of aliphatic carboxylic acids is 1. The van der Waals surface area contributed by atoms with E-state index in [2.05, 4.69) is 17.2 Å². The third-order valence-electron chi connectivity index (χ3n) is 4.77. The van der Waals surface area contributed by atoms with Crippen LogP contribution in [-0.2, 0) is 9.53 Å². The van der Waals surface area contributed by atoms with Gasteiger partial charge in [0.1, 0.15) is 6.04 Å². The second-order valence-electron chi connectivity index (χ2n) is 6.39. The summed E-state index contributed by atoms with van der Waals surface area (Å²) in [6, 6.07) is -0.822. The molecule has 0 aliphatic heterocycles. The average Bonchev–Trinajstić information content (AvgIpc) is 3.14. The minimum atomic E-state index is -0.986. The molecule has 0 radical (unpaired) electrons. The molecule has 1 fully saturated rings. The Morgan fingerprint density at radius 1 is 1.22 bits per heavy atom. The first-order valence-electron chi connectivity index (χ1n) is 8.44. The van der Waals surface area contributed by atoms with Gasteiger partial charge in [0.15, 0.2) is 0 Å². The molecular formula is C17H26N2O4. The van der Waals surface area contributed by atoms with Crippen molar-refractivity contribution in [3.05, 3.63) is 0 Å². The fourth-order valence-electron chi connectivity index (χ4n) is 3.31. The van der Waals surface area contributed by atoms with E-state index in [1.807, 2.05) is 0 Å². The van der Waals surface area contributed by atoms with Crippen LogP contribution < -0.4 is 11.1 Å². The van der Waals surface area contributed by atoms with Gasteiger partial charge in [-0.25, -0.2) is 4.79 Å². The summed E-state index contributed by atoms with van der Waals surface area (Å²) in [7, 11) is 0. The molecule has 23 heavy (non-hydrogen) atoms. The summed E-state index contributed by atoms with van der Waals surface area (Å²) < 4.78 is 5.30. The molecule has 4 atom stereocenters. The molecule has 4 N–H and O–H groups in total. The summed E-state index contributed by atoms with van der Waals surface area (Å²) >= 11 is 0. The van der Waals surface area contributed by atoms with Gasteiger partial charge in [0.25, 0.3) is 0 Å². The first-order valence-corrected chi connectivity index (χ1v) is 8.44. The molecule has 0 aromatic rings. The maximum absolute atomic E-state index is 11.6. The van der Waals surface area contributed by atoms with Crippen LogP contribution in [0.15, 0.2) is 0 Å². The number of amides is 1. The van der Waals surface area contributed by atoms with E-state index in [9.17, 15) is 9.59 Å². The Morgan fingerprint density at radius 3 is 2.48 bits per heavy atom. The second kappa shape index (κ2) is 8.78. The molecule has 0 aromatic carbocycles. The van der Waals surface area contributed by atoms with E-state index in [0.29, 0.717) is 50.2 Å². The van der Waals surface area contributed by atoms with Crippen LogP contribution in [0.5, 0.6) is 0 Å². The zero-order chi connectivity index (χ0) is 16.7. The zero-order valence-electron chi connectivity index (χ0n) is 13.4. The maximum Gasteiger partial charge on any atom is 0.407 e. The minimum absolute atomic E-state index is 0.386. The molecule has 128 valence electrons. The van der Waals surface area contributed by atoms with Crippen LogP contribution in [0.4, 0.5) is 4.79 Å². The molecule has 0 heterocycles. The predicted molar refractivity (Wildman–Crippen MR) is 85.5 cm³/mol. The van der Waals surface area contributed by atoms with E-state index in [1.54, 1.807) is 0 Å². The molecule has 6 heteroatoms. The number of ether oxygens (including phenoxy) is 1. The quantitative estimate of drug-likeness (QED) is 0.467. The van der Waals surface area contributed by atoms with E-state index < -0.39 is 12.0 Å². The molecule has 6 nitrogen and oxygen atoms in total. The van der Waals surface area contributed by atoms with Crippen molar-refractivity contribution in [2.75, 3.05) is 13.2 Å². The first kappa shape index (κ1) is 17.6. The van der Waals surface area contributed by atoms with Gasteiger partial charge in [-0.15, -0.1) is 11.8 Å². The molecule has 1 unspecified atom stereocenters. The van der Waals surface area contributed by atoms with E-state index in [0.717, 1.165) is 25.7 Å². The van der Waals surface area contributed by atoms with Gasteiger partial charge in [0.2, 0.25) is 0 Å². The SMILES string of the molecule is N[C@@H](CCCCNC(=O)OCC1[C@H]2CCC#CCC[C@@H]12)C(=O)O. The highest BCUT2D eigenvalue weighted by atomic mass is 16.5. The number of hydrogen-bond acceptors (Lipinski definition) is 4. The Labute approximate surface area is 137 Å². The Bertz CT molecular complexity index is 465. The summed E-state index contributed by atoms with van der Waals surface area (Å²) in [5.74, 6) is 7.20. The fraction of sp³-hybridized carbons (Fsp3) is 0.765. The van der Waals surface area contributed by atoms with Crippen LogP contribution in [0, 0.1) is 29.6 Å². The van der Waals surface area contributed by atoms with Crippen LogP contribution in [0.25, 0.3) is 0 Å². The van der Waals surface area contributed by atoms with Gasteiger partial charge in [-0.1, -0.05) is 0 Å². The van der Waals surface area contributed by atoms with Crippen LogP contribution >= 0.6 is 0 Å². The van der Waals surface area contributed by atoms with Gasteiger partial charge in [-0.05, 0) is 49.9 Å². The highest BCUT2D eigenvalue weighted by molar-refractivity contribution is 5.72. The van der Waals surface area contributed by atoms with Gasteiger partial charge in [0.05, 0.1) is 6.61 Å². The Kier molecular flexibility index (Phi) is 6.72. The largest absolute Gasteiger partial charge is 0.480 e. The van der Waals surface area contributed by atoms with Crippen molar-refractivity contribution in [2.45, 2.75) is 51.0 Å². The number of hydrogen-bond donors (Lipinski definition) is 3. The third kappa shape index (κ3) is 5.76. The standard InChI is InChI=1S/C17H26N2O4/c18-15(16(20)21)9-5-6-10-19-17(22)23-11-14-12-7-3-1-2-4-8-13(12)14/h12-15H,3-11,18H2,(H,19,22)(H,20,21)/t12-,13+,14?,15-/m0/s1. The van der Waals surface area contributed by atoms with Crippen molar-refractivity contribution in [2.24, 2.45) is 23.5 Å². The molecule has 2 aliphatic carbocycles. The first-order chi connectivity index (χ1) is 11.1. The molecule has 0 bridgehead atoms. The predicted octanol–water partition coefficient (Wildman–Crippen LogP) is 1.73. The third-order valence-corrected chi connectivity index (χ3v) is 4.77. The van der Waals surface area contributed by atoms with E-state index in [1.165, 1.54) is 0 Å². The number of rotatable bonds is 8. The highest BCUT2D eigenvalue weighted by Crippen LogP contribution is 2.52. The summed E-state index contributed by atoms with van der Waals surface area (Å²) in [4.78, 5) is 22.2. The number of fused-ring (bicyclic) bond motifs is 1. The number of alkyl carbamates (subject to hydrolysis) is 1. The molecule has 1 saturated carbocycles. The van der Waals surface area contributed by atoms with Crippen LogP contribution in [0.3, 0.4) is 0 Å². The van der Waals surface area contributed by atoms with Crippen molar-refractivity contribution in [1.29, 1.82) is 0 Å². The summed E-state index contributed by atoms with van der Waals surface area (Å²) in [5, 5.41) is 11.4. The van der Waals surface area contributed by atoms with Crippen molar-refractivity contribution in [3.8, 4) is 11.8 Å². The van der Waals surface area contributed by atoms with Gasteiger partial charge in [-0.3, -0.25) is 4.79 Å². The number of carboxylic acid groups (broad SMARTS) is 1. The maximum atomic E-state index is 11.6. The lowest BCUT2D eigenvalue weighted by Crippen LogP contribution is -2.30. The van der Waals surface area contributed by atoms with Crippen LogP contribution in [-0.4, -0.2) is 36.4 Å². The van der Waals surface area contributed by atoms with Crippen LogP contribution in [0.2, 0.25) is 0 Å². The number of nitrogens with two attached hydrogens (primary N) is 1. The number of nitrogens with one attached hydrogen (secondary N) is 1. The fourth-order valence-corrected chi connectivity index (χ4v) is 3.31. The normalized spacial score (nSPS) is 26.6. The van der Waals surface area contributed by atoms with E-state index in [4.69, 9.17) is 15.6 Å². The van der Waals surface area contributed by atoms with Crippen molar-refractivity contribution < 1.29 is 19.4 Å². The topological polar surface area (TPSA) is 102 Å². The Hall–Kier alpha value is -1.74. The van der Waals surface area contributed by atoms with Gasteiger partial charge >= 0.3 is 12.1 Å². The second-order valence-corrected chi connectivity index (χ2v) is 6.39. The summed E-state index contributed by atoms with van der Waals surface area (Å²) in [6.07, 6.45) is 5.56. The molecule has 0 saturated heterocycles. The monoisotopic (exact) mass is 322 g/mol. The van der Waals surface area contributed by atoms with Crippen molar-refractivity contribution in [3.63, 3.8) is 0 Å². The summed E-state index contributed by atoms with van der Waals surface area (Å²) in [6.45, 7) is 0.974. The Balaban J connectivity index is 1.50. The molecule has 0 aromatic heterocycles. The number of carbonyl (C=O) groups is 2. The smallest absolute Gasteiger partial charge is 0.407 e. The number of unbranched alkanes of at least 4 members (excludes halogenated alkanes) is 1. The number of carboxylic acids is 1. The van der Waals surface area contributed by atoms with Crippen molar-refractivity contribution in [1.82, 2.24) is 5.32 Å². The molecule has 0 spiro atoms.